The Hall–Kier alpha value is -1.96. The number of rotatable bonds is 4. The van der Waals surface area contributed by atoms with E-state index in [1.165, 1.54) is 16.5 Å². The van der Waals surface area contributed by atoms with Gasteiger partial charge < -0.3 is 10.2 Å². The molecule has 0 fully saturated rings. The molecular formula is C15H18N2. The fourth-order valence-corrected chi connectivity index (χ4v) is 2.02. The first-order valence-electron chi connectivity index (χ1n) is 5.78. The minimum Gasteiger partial charge on any atom is -0.381 e. The van der Waals surface area contributed by atoms with Gasteiger partial charge in [0.2, 0.25) is 0 Å². The predicted octanol–water partition coefficient (Wildman–Crippen LogP) is 3.50. The van der Waals surface area contributed by atoms with Gasteiger partial charge in [-0.3, -0.25) is 0 Å². The van der Waals surface area contributed by atoms with E-state index in [2.05, 4.69) is 67.3 Å². The minimum absolute atomic E-state index is 0.779. The number of nitrogens with zero attached hydrogens (tertiary/aromatic N) is 1. The van der Waals surface area contributed by atoms with E-state index in [4.69, 9.17) is 0 Å². The number of hydrogen-bond acceptors (Lipinski definition) is 2. The topological polar surface area (TPSA) is 15.3 Å². The first-order valence-corrected chi connectivity index (χ1v) is 5.78. The fourth-order valence-electron chi connectivity index (χ4n) is 2.02. The molecule has 0 aromatic heterocycles. The van der Waals surface area contributed by atoms with Gasteiger partial charge in [0, 0.05) is 37.4 Å². The van der Waals surface area contributed by atoms with Crippen molar-refractivity contribution >= 4 is 22.1 Å². The van der Waals surface area contributed by atoms with Crippen LogP contribution in [0.4, 0.5) is 11.4 Å². The molecule has 2 aromatic rings. The fraction of sp³-hybridized carbons (Fsp3) is 0.200. The van der Waals surface area contributed by atoms with Crippen LogP contribution in [-0.2, 0) is 0 Å². The van der Waals surface area contributed by atoms with Crippen molar-refractivity contribution in [2.75, 3.05) is 30.9 Å². The second-order valence-corrected chi connectivity index (χ2v) is 4.24. The molecule has 2 nitrogen and oxygen atoms in total. The molecule has 0 spiro atoms. The summed E-state index contributed by atoms with van der Waals surface area (Å²) < 4.78 is 0. The Kier molecular flexibility index (Phi) is 3.33. The predicted molar refractivity (Wildman–Crippen MR) is 77.0 cm³/mol. The number of nitrogens with one attached hydrogen (secondary N) is 1. The molecule has 1 N–H and O–H groups in total. The smallest absolute Gasteiger partial charge is 0.0461 e. The molecule has 0 amide bonds. The summed E-state index contributed by atoms with van der Waals surface area (Å²) in [5.74, 6) is 0. The van der Waals surface area contributed by atoms with Gasteiger partial charge >= 0.3 is 0 Å². The summed E-state index contributed by atoms with van der Waals surface area (Å²) in [5.41, 5.74) is 2.39. The molecule has 0 radical (unpaired) electrons. The molecule has 0 aliphatic heterocycles. The highest BCUT2D eigenvalue weighted by Crippen LogP contribution is 2.31. The lowest BCUT2D eigenvalue weighted by Crippen LogP contribution is -2.10. The third-order valence-corrected chi connectivity index (χ3v) is 2.80. The highest BCUT2D eigenvalue weighted by atomic mass is 15.1. The lowest BCUT2D eigenvalue weighted by atomic mass is 10.1. The van der Waals surface area contributed by atoms with Crippen LogP contribution in [0.3, 0.4) is 0 Å². The normalized spacial score (nSPS) is 10.2. The van der Waals surface area contributed by atoms with E-state index in [9.17, 15) is 0 Å². The molecule has 0 aliphatic rings. The summed E-state index contributed by atoms with van der Waals surface area (Å²) in [6.07, 6.45) is 1.87. The van der Waals surface area contributed by atoms with Crippen LogP contribution in [0.2, 0.25) is 0 Å². The van der Waals surface area contributed by atoms with Crippen molar-refractivity contribution in [3.8, 4) is 0 Å². The molecule has 88 valence electrons. The van der Waals surface area contributed by atoms with Gasteiger partial charge in [-0.25, -0.2) is 0 Å². The van der Waals surface area contributed by atoms with Crippen LogP contribution in [0, 0.1) is 0 Å². The molecule has 2 aromatic carbocycles. The lowest BCUT2D eigenvalue weighted by Gasteiger charge is -2.18. The molecular weight excluding hydrogens is 208 g/mol. The van der Waals surface area contributed by atoms with Gasteiger partial charge in [-0.1, -0.05) is 30.3 Å². The highest BCUT2D eigenvalue weighted by molar-refractivity contribution is 6.03. The average molecular weight is 226 g/mol. The van der Waals surface area contributed by atoms with Crippen molar-refractivity contribution < 1.29 is 0 Å². The van der Waals surface area contributed by atoms with E-state index in [0.717, 1.165) is 12.2 Å². The number of benzene rings is 2. The van der Waals surface area contributed by atoms with Crippen molar-refractivity contribution in [2.45, 2.75) is 0 Å². The zero-order valence-corrected chi connectivity index (χ0v) is 10.4. The number of anilines is 2. The molecule has 0 atom stereocenters. The zero-order valence-electron chi connectivity index (χ0n) is 10.4. The monoisotopic (exact) mass is 226 g/mol. The summed E-state index contributed by atoms with van der Waals surface area (Å²) in [7, 11) is 4.14. The Morgan fingerprint density at radius 3 is 2.53 bits per heavy atom. The summed E-state index contributed by atoms with van der Waals surface area (Å²) in [5, 5.41) is 5.91. The van der Waals surface area contributed by atoms with Gasteiger partial charge in [0.1, 0.15) is 0 Å². The van der Waals surface area contributed by atoms with Gasteiger partial charge in [0.05, 0.1) is 0 Å². The Morgan fingerprint density at radius 1 is 1.18 bits per heavy atom. The van der Waals surface area contributed by atoms with Crippen LogP contribution in [0.25, 0.3) is 10.8 Å². The highest BCUT2D eigenvalue weighted by Gasteiger charge is 2.06. The van der Waals surface area contributed by atoms with E-state index in [1.807, 2.05) is 6.08 Å². The molecule has 0 aliphatic carbocycles. The molecule has 17 heavy (non-hydrogen) atoms. The van der Waals surface area contributed by atoms with Crippen molar-refractivity contribution in [1.82, 2.24) is 0 Å². The lowest BCUT2D eigenvalue weighted by molar-refractivity contribution is 1.14. The van der Waals surface area contributed by atoms with Crippen molar-refractivity contribution in [1.29, 1.82) is 0 Å². The first kappa shape index (κ1) is 11.5. The van der Waals surface area contributed by atoms with Crippen molar-refractivity contribution in [2.24, 2.45) is 0 Å². The maximum Gasteiger partial charge on any atom is 0.0461 e. The zero-order chi connectivity index (χ0) is 12.3. The van der Waals surface area contributed by atoms with Gasteiger partial charge in [-0.05, 0) is 17.5 Å². The summed E-state index contributed by atoms with van der Waals surface area (Å²) in [4.78, 5) is 2.14. The van der Waals surface area contributed by atoms with Crippen LogP contribution in [-0.4, -0.2) is 20.6 Å². The second-order valence-electron chi connectivity index (χ2n) is 4.24. The molecule has 0 saturated carbocycles. The van der Waals surface area contributed by atoms with Crippen molar-refractivity contribution in [3.05, 3.63) is 49.1 Å². The summed E-state index contributed by atoms with van der Waals surface area (Å²) in [6, 6.07) is 12.7. The Morgan fingerprint density at radius 2 is 1.88 bits per heavy atom. The SMILES string of the molecule is C=CCNc1cccc2cccc(N(C)C)c12. The van der Waals surface area contributed by atoms with Gasteiger partial charge in [0.25, 0.3) is 0 Å². The summed E-state index contributed by atoms with van der Waals surface area (Å²) >= 11 is 0. The van der Waals surface area contributed by atoms with E-state index < -0.39 is 0 Å². The van der Waals surface area contributed by atoms with Crippen molar-refractivity contribution in [3.63, 3.8) is 0 Å². The van der Waals surface area contributed by atoms with E-state index in [-0.39, 0.29) is 0 Å². The molecule has 2 rings (SSSR count). The van der Waals surface area contributed by atoms with E-state index in [1.54, 1.807) is 0 Å². The van der Waals surface area contributed by atoms with Gasteiger partial charge in [-0.15, -0.1) is 6.58 Å². The molecule has 0 heterocycles. The molecule has 0 unspecified atom stereocenters. The third kappa shape index (κ3) is 2.26. The quantitative estimate of drug-likeness (QED) is 0.803. The average Bonchev–Trinajstić information content (AvgIpc) is 2.35. The Labute approximate surface area is 103 Å². The second kappa shape index (κ2) is 4.91. The third-order valence-electron chi connectivity index (χ3n) is 2.80. The largest absolute Gasteiger partial charge is 0.381 e. The number of hydrogen-bond donors (Lipinski definition) is 1. The molecule has 2 heteroatoms. The standard InChI is InChI=1S/C15H18N2/c1-4-11-16-13-9-5-7-12-8-6-10-14(15(12)13)17(2)3/h4-10,16H,1,11H2,2-3H3. The van der Waals surface area contributed by atoms with Gasteiger partial charge in [0.15, 0.2) is 0 Å². The Bertz CT molecular complexity index is 524. The molecule has 0 bridgehead atoms. The van der Waals surface area contributed by atoms with E-state index in [0.29, 0.717) is 0 Å². The van der Waals surface area contributed by atoms with Crippen LogP contribution in [0.15, 0.2) is 49.1 Å². The van der Waals surface area contributed by atoms with Crippen LogP contribution in [0.5, 0.6) is 0 Å². The minimum atomic E-state index is 0.779. The Balaban J connectivity index is 2.62. The van der Waals surface area contributed by atoms with Crippen LogP contribution < -0.4 is 10.2 Å². The van der Waals surface area contributed by atoms with Gasteiger partial charge in [-0.2, -0.15) is 0 Å². The maximum absolute atomic E-state index is 3.74. The van der Waals surface area contributed by atoms with E-state index >= 15 is 0 Å². The first-order chi connectivity index (χ1) is 8.24. The summed E-state index contributed by atoms with van der Waals surface area (Å²) in [6.45, 7) is 4.52. The van der Waals surface area contributed by atoms with Crippen LogP contribution >= 0.6 is 0 Å². The number of fused-ring (bicyclic) bond motifs is 1. The van der Waals surface area contributed by atoms with Crippen LogP contribution in [0.1, 0.15) is 0 Å². The molecule has 0 saturated heterocycles. The maximum atomic E-state index is 3.74.